The Kier molecular flexibility index (Phi) is 10.1. The zero-order valence-corrected chi connectivity index (χ0v) is 19.0. The van der Waals surface area contributed by atoms with Crippen LogP contribution in [-0.4, -0.2) is 42.3 Å². The van der Waals surface area contributed by atoms with E-state index in [0.717, 1.165) is 11.1 Å². The van der Waals surface area contributed by atoms with Gasteiger partial charge < -0.3 is 15.5 Å². The highest BCUT2D eigenvalue weighted by Crippen LogP contribution is 2.11. The van der Waals surface area contributed by atoms with Gasteiger partial charge >= 0.3 is 0 Å². The maximum atomic E-state index is 11.9. The van der Waals surface area contributed by atoms with Crippen LogP contribution < -0.4 is 10.6 Å². The number of nitro groups is 1. The lowest BCUT2D eigenvalue weighted by Gasteiger charge is -2.15. The lowest BCUT2D eigenvalue weighted by Crippen LogP contribution is -2.42. The third-order valence-electron chi connectivity index (χ3n) is 4.05. The maximum Gasteiger partial charge on any atom is 0.269 e. The summed E-state index contributed by atoms with van der Waals surface area (Å²) in [6.07, 6.45) is 0. The molecule has 0 radical (unpaired) electrons. The van der Waals surface area contributed by atoms with Crippen molar-refractivity contribution in [3.8, 4) is 0 Å². The molecule has 0 aliphatic heterocycles. The minimum absolute atomic E-state index is 0. The number of non-ortho nitro benzene ring substituents is 1. The van der Waals surface area contributed by atoms with Gasteiger partial charge in [-0.1, -0.05) is 42.0 Å². The highest BCUT2D eigenvalue weighted by atomic mass is 127. The van der Waals surface area contributed by atoms with Crippen LogP contribution in [0.25, 0.3) is 0 Å². The molecule has 2 rings (SSSR count). The molecule has 0 atom stereocenters. The van der Waals surface area contributed by atoms with Crippen LogP contribution in [-0.2, 0) is 17.9 Å². The van der Waals surface area contributed by atoms with Crippen LogP contribution in [0.5, 0.6) is 0 Å². The Hall–Kier alpha value is -2.69. The molecule has 0 aliphatic rings. The van der Waals surface area contributed by atoms with E-state index < -0.39 is 4.92 Å². The summed E-state index contributed by atoms with van der Waals surface area (Å²) in [5.41, 5.74) is 3.15. The molecule has 0 aliphatic carbocycles. The fourth-order valence-electron chi connectivity index (χ4n) is 2.28. The zero-order chi connectivity index (χ0) is 20.5. The second kappa shape index (κ2) is 12.0. The molecule has 2 N–H and O–H groups in total. The van der Waals surface area contributed by atoms with Gasteiger partial charge in [0.1, 0.15) is 0 Å². The smallest absolute Gasteiger partial charge is 0.269 e. The molecular formula is C20H26IN5O3. The van der Waals surface area contributed by atoms with Crippen LogP contribution in [0.1, 0.15) is 16.7 Å². The third kappa shape index (κ3) is 8.46. The number of halogens is 1. The van der Waals surface area contributed by atoms with Crippen LogP contribution in [0.4, 0.5) is 5.69 Å². The van der Waals surface area contributed by atoms with Crippen molar-refractivity contribution in [2.24, 2.45) is 4.99 Å². The van der Waals surface area contributed by atoms with Gasteiger partial charge in [0, 0.05) is 32.8 Å². The van der Waals surface area contributed by atoms with Crippen LogP contribution in [0.3, 0.4) is 0 Å². The van der Waals surface area contributed by atoms with Gasteiger partial charge in [-0.3, -0.25) is 14.9 Å². The molecule has 1 amide bonds. The first-order valence-electron chi connectivity index (χ1n) is 8.86. The highest BCUT2D eigenvalue weighted by molar-refractivity contribution is 14.0. The van der Waals surface area contributed by atoms with Crippen LogP contribution in [0, 0.1) is 17.0 Å². The Balaban J connectivity index is 0.00000420. The highest BCUT2D eigenvalue weighted by Gasteiger charge is 2.07. The number of nitro benzene ring substituents is 1. The summed E-state index contributed by atoms with van der Waals surface area (Å²) in [7, 11) is 3.38. The largest absolute Gasteiger partial charge is 0.352 e. The van der Waals surface area contributed by atoms with Gasteiger partial charge in [-0.05, 0) is 18.1 Å². The molecule has 29 heavy (non-hydrogen) atoms. The first kappa shape index (κ1) is 24.3. The van der Waals surface area contributed by atoms with E-state index in [0.29, 0.717) is 19.0 Å². The van der Waals surface area contributed by atoms with Crippen molar-refractivity contribution < 1.29 is 9.72 Å². The number of guanidine groups is 1. The molecule has 0 saturated heterocycles. The van der Waals surface area contributed by atoms with E-state index in [-0.39, 0.29) is 42.1 Å². The number of aryl methyl sites for hydroxylation is 1. The van der Waals surface area contributed by atoms with Crippen molar-refractivity contribution in [2.75, 3.05) is 20.6 Å². The van der Waals surface area contributed by atoms with Gasteiger partial charge in [-0.2, -0.15) is 0 Å². The Morgan fingerprint density at radius 1 is 1.03 bits per heavy atom. The number of hydrogen-bond acceptors (Lipinski definition) is 4. The standard InChI is InChI=1S/C20H25N5O3.HI/c1-15-4-6-16(7-5-15)12-21-20(23-14-19(26)24(2)3)22-13-17-8-10-18(11-9-17)25(27)28;/h4-11H,12-14H2,1-3H3,(H2,21,22,23);1H. The van der Waals surface area contributed by atoms with Gasteiger partial charge in [0.2, 0.25) is 5.91 Å². The fraction of sp³-hybridized carbons (Fsp3) is 0.300. The van der Waals surface area contributed by atoms with Crippen molar-refractivity contribution in [2.45, 2.75) is 20.0 Å². The Morgan fingerprint density at radius 3 is 2.17 bits per heavy atom. The number of nitrogens with one attached hydrogen (secondary N) is 2. The summed E-state index contributed by atoms with van der Waals surface area (Å²) in [6.45, 7) is 3.03. The second-order valence-electron chi connectivity index (χ2n) is 6.57. The number of nitrogens with zero attached hydrogens (tertiary/aromatic N) is 3. The predicted octanol–water partition coefficient (Wildman–Crippen LogP) is 2.84. The van der Waals surface area contributed by atoms with Crippen LogP contribution in [0.2, 0.25) is 0 Å². The molecule has 8 nitrogen and oxygen atoms in total. The average Bonchev–Trinajstić information content (AvgIpc) is 2.68. The number of benzene rings is 2. The summed E-state index contributed by atoms with van der Waals surface area (Å²) >= 11 is 0. The number of amides is 1. The summed E-state index contributed by atoms with van der Waals surface area (Å²) < 4.78 is 0. The van der Waals surface area contributed by atoms with E-state index >= 15 is 0 Å². The van der Waals surface area contributed by atoms with Gasteiger partial charge in [0.05, 0.1) is 18.0 Å². The predicted molar refractivity (Wildman–Crippen MR) is 124 cm³/mol. The maximum absolute atomic E-state index is 11.9. The average molecular weight is 511 g/mol. The molecule has 0 fully saturated rings. The van der Waals surface area contributed by atoms with Crippen molar-refractivity contribution in [1.82, 2.24) is 15.5 Å². The molecule has 0 spiro atoms. The minimum atomic E-state index is -0.430. The lowest BCUT2D eigenvalue weighted by molar-refractivity contribution is -0.384. The first-order chi connectivity index (χ1) is 13.3. The molecule has 0 unspecified atom stereocenters. The van der Waals surface area contributed by atoms with Crippen molar-refractivity contribution in [3.05, 3.63) is 75.3 Å². The molecule has 0 bridgehead atoms. The van der Waals surface area contributed by atoms with Gasteiger partial charge in [-0.15, -0.1) is 24.0 Å². The summed E-state index contributed by atoms with van der Waals surface area (Å²) in [6, 6.07) is 14.4. The Bertz CT molecular complexity index is 836. The first-order valence-corrected chi connectivity index (χ1v) is 8.86. The number of rotatable bonds is 7. The number of carbonyl (C=O) groups excluding carboxylic acids is 1. The second-order valence-corrected chi connectivity index (χ2v) is 6.57. The van der Waals surface area contributed by atoms with E-state index in [1.54, 1.807) is 26.2 Å². The number of carbonyl (C=O) groups is 1. The number of hydrogen-bond donors (Lipinski definition) is 2. The summed E-state index contributed by atoms with van der Waals surface area (Å²) in [4.78, 5) is 28.2. The van der Waals surface area contributed by atoms with Crippen LogP contribution >= 0.6 is 24.0 Å². The summed E-state index contributed by atoms with van der Waals surface area (Å²) in [5, 5.41) is 16.9. The molecule has 156 valence electrons. The molecule has 9 heteroatoms. The molecule has 0 heterocycles. The molecular weight excluding hydrogens is 485 g/mol. The number of likely N-dealkylation sites (N-methyl/N-ethyl adjacent to an activating group) is 1. The van der Waals surface area contributed by atoms with Gasteiger partial charge in [0.15, 0.2) is 5.96 Å². The SMILES string of the molecule is Cc1ccc(CN=C(NCC(=O)N(C)C)NCc2ccc([N+](=O)[O-])cc2)cc1.I. The van der Waals surface area contributed by atoms with Crippen molar-refractivity contribution in [1.29, 1.82) is 0 Å². The Labute approximate surface area is 187 Å². The monoisotopic (exact) mass is 511 g/mol. The van der Waals surface area contributed by atoms with E-state index in [2.05, 4.69) is 15.6 Å². The van der Waals surface area contributed by atoms with Gasteiger partial charge in [0.25, 0.3) is 5.69 Å². The van der Waals surface area contributed by atoms with E-state index in [1.165, 1.54) is 22.6 Å². The quantitative estimate of drug-likeness (QED) is 0.196. The molecule has 0 aromatic heterocycles. The van der Waals surface area contributed by atoms with E-state index in [9.17, 15) is 14.9 Å². The Morgan fingerprint density at radius 2 is 1.62 bits per heavy atom. The van der Waals surface area contributed by atoms with Crippen molar-refractivity contribution >= 4 is 41.5 Å². The van der Waals surface area contributed by atoms with Crippen LogP contribution in [0.15, 0.2) is 53.5 Å². The summed E-state index contributed by atoms with van der Waals surface area (Å²) in [5.74, 6) is 0.425. The van der Waals surface area contributed by atoms with E-state index in [1.807, 2.05) is 31.2 Å². The van der Waals surface area contributed by atoms with Gasteiger partial charge in [-0.25, -0.2) is 4.99 Å². The lowest BCUT2D eigenvalue weighted by atomic mass is 10.1. The van der Waals surface area contributed by atoms with E-state index in [4.69, 9.17) is 0 Å². The fourth-order valence-corrected chi connectivity index (χ4v) is 2.28. The topological polar surface area (TPSA) is 99.9 Å². The normalized spacial score (nSPS) is 10.7. The van der Waals surface area contributed by atoms with Crippen molar-refractivity contribution in [3.63, 3.8) is 0 Å². The zero-order valence-electron chi connectivity index (χ0n) is 16.7. The molecule has 0 saturated carbocycles. The molecule has 2 aromatic carbocycles. The third-order valence-corrected chi connectivity index (χ3v) is 4.05. The minimum Gasteiger partial charge on any atom is -0.352 e. The number of aliphatic imine (C=N–C) groups is 1. The molecule has 2 aromatic rings.